The predicted octanol–water partition coefficient (Wildman–Crippen LogP) is 2.44. The first-order chi connectivity index (χ1) is 13.2. The lowest BCUT2D eigenvalue weighted by molar-refractivity contribution is 0.356. The second-order valence-corrected chi connectivity index (χ2v) is 6.52. The molecule has 1 aliphatic heterocycles. The second-order valence-electron chi connectivity index (χ2n) is 6.52. The van der Waals surface area contributed by atoms with E-state index in [9.17, 15) is 0 Å². The molecular weight excluding hydrogens is 344 g/mol. The van der Waals surface area contributed by atoms with Crippen LogP contribution >= 0.6 is 0 Å². The summed E-state index contributed by atoms with van der Waals surface area (Å²) in [6, 6.07) is 5.97. The molecule has 8 heteroatoms. The van der Waals surface area contributed by atoms with E-state index in [-0.39, 0.29) is 6.04 Å². The van der Waals surface area contributed by atoms with Gasteiger partial charge in [-0.15, -0.1) is 0 Å². The minimum atomic E-state index is 0.261. The van der Waals surface area contributed by atoms with Gasteiger partial charge in [0, 0.05) is 42.5 Å². The third-order valence-electron chi connectivity index (χ3n) is 4.74. The van der Waals surface area contributed by atoms with Gasteiger partial charge in [-0.25, -0.2) is 19.9 Å². The molecule has 8 nitrogen and oxygen atoms in total. The lowest BCUT2D eigenvalue weighted by Gasteiger charge is -2.20. The van der Waals surface area contributed by atoms with Crippen LogP contribution in [0.3, 0.4) is 0 Å². The van der Waals surface area contributed by atoms with Crippen LogP contribution in [0.5, 0.6) is 11.5 Å². The second kappa shape index (κ2) is 7.22. The van der Waals surface area contributed by atoms with Gasteiger partial charge >= 0.3 is 0 Å². The van der Waals surface area contributed by atoms with Gasteiger partial charge in [0.15, 0.2) is 11.5 Å². The number of nitrogens with one attached hydrogen (secondary N) is 1. The van der Waals surface area contributed by atoms with E-state index in [0.29, 0.717) is 17.4 Å². The van der Waals surface area contributed by atoms with Crippen molar-refractivity contribution in [3.8, 4) is 11.5 Å². The normalized spacial score (nSPS) is 16.6. The predicted molar refractivity (Wildman–Crippen MR) is 104 cm³/mol. The summed E-state index contributed by atoms with van der Waals surface area (Å²) in [5.74, 6) is 2.89. The maximum Gasteiger partial charge on any atom is 0.223 e. The Morgan fingerprint density at radius 3 is 2.70 bits per heavy atom. The quantitative estimate of drug-likeness (QED) is 0.737. The molecule has 0 amide bonds. The fourth-order valence-corrected chi connectivity index (χ4v) is 3.39. The van der Waals surface area contributed by atoms with Crippen molar-refractivity contribution < 1.29 is 9.47 Å². The van der Waals surface area contributed by atoms with E-state index in [0.717, 1.165) is 41.9 Å². The fraction of sp³-hybridized carbons (Fsp3) is 0.368. The van der Waals surface area contributed by atoms with Crippen molar-refractivity contribution in [2.75, 3.05) is 37.5 Å². The third kappa shape index (κ3) is 3.42. The van der Waals surface area contributed by atoms with E-state index in [2.05, 4.69) is 30.2 Å². The summed E-state index contributed by atoms with van der Waals surface area (Å²) in [6.45, 7) is 3.67. The monoisotopic (exact) mass is 366 g/mol. The summed E-state index contributed by atoms with van der Waals surface area (Å²) in [4.78, 5) is 19.9. The maximum absolute atomic E-state index is 5.45. The molecule has 1 atom stereocenters. The molecule has 1 aliphatic rings. The largest absolute Gasteiger partial charge is 0.493 e. The maximum atomic E-state index is 5.45. The Morgan fingerprint density at radius 1 is 1.11 bits per heavy atom. The van der Waals surface area contributed by atoms with Crippen molar-refractivity contribution in [1.82, 2.24) is 19.9 Å². The number of rotatable bonds is 5. The van der Waals surface area contributed by atoms with Crippen LogP contribution in [0.2, 0.25) is 0 Å². The smallest absolute Gasteiger partial charge is 0.223 e. The number of hydrogen-bond donors (Lipinski definition) is 1. The molecular formula is C19H22N6O2. The van der Waals surface area contributed by atoms with Gasteiger partial charge in [0.1, 0.15) is 12.1 Å². The average Bonchev–Trinajstić information content (AvgIpc) is 3.14. The zero-order valence-electron chi connectivity index (χ0n) is 15.6. The van der Waals surface area contributed by atoms with E-state index >= 15 is 0 Å². The van der Waals surface area contributed by atoms with Gasteiger partial charge < -0.3 is 19.7 Å². The molecule has 3 aromatic rings. The van der Waals surface area contributed by atoms with E-state index < -0.39 is 0 Å². The van der Waals surface area contributed by atoms with Crippen molar-refractivity contribution in [2.45, 2.75) is 19.4 Å². The summed E-state index contributed by atoms with van der Waals surface area (Å²) in [5, 5.41) is 4.37. The van der Waals surface area contributed by atoms with Crippen LogP contribution in [-0.2, 0) is 0 Å². The molecule has 1 aromatic carbocycles. The highest BCUT2D eigenvalue weighted by Crippen LogP contribution is 2.35. The van der Waals surface area contributed by atoms with Gasteiger partial charge in [0.2, 0.25) is 5.95 Å². The summed E-state index contributed by atoms with van der Waals surface area (Å²) in [7, 11) is 3.25. The molecule has 1 N–H and O–H groups in total. The van der Waals surface area contributed by atoms with Crippen LogP contribution in [0.4, 0.5) is 11.8 Å². The van der Waals surface area contributed by atoms with E-state index in [1.54, 1.807) is 26.7 Å². The highest BCUT2D eigenvalue weighted by Gasteiger charge is 2.26. The first kappa shape index (κ1) is 17.3. The van der Waals surface area contributed by atoms with Gasteiger partial charge in [-0.3, -0.25) is 0 Å². The molecule has 27 heavy (non-hydrogen) atoms. The Bertz CT molecular complexity index is 964. The van der Waals surface area contributed by atoms with E-state index in [1.165, 1.54) is 0 Å². The Labute approximate surface area is 157 Å². The standard InChI is InChI=1S/C19H22N6O2/c1-12-4-6-20-19(23-12)24-13-5-7-25(10-13)18-14-8-16(26-2)17(27-3)9-15(14)21-11-22-18/h4,6,8-9,11,13H,5,7,10H2,1-3H3,(H,20,23,24). The number of aryl methyl sites for hydroxylation is 1. The molecule has 0 aliphatic carbocycles. The van der Waals surface area contributed by atoms with Crippen LogP contribution in [0.1, 0.15) is 12.1 Å². The van der Waals surface area contributed by atoms with Crippen molar-refractivity contribution in [3.05, 3.63) is 36.4 Å². The number of methoxy groups -OCH3 is 2. The Hall–Kier alpha value is -3.16. The summed E-state index contributed by atoms with van der Waals surface area (Å²) < 4.78 is 10.8. The van der Waals surface area contributed by atoms with E-state index in [1.807, 2.05) is 25.1 Å². The lowest BCUT2D eigenvalue weighted by atomic mass is 10.2. The highest BCUT2D eigenvalue weighted by atomic mass is 16.5. The van der Waals surface area contributed by atoms with Crippen LogP contribution in [0.25, 0.3) is 10.9 Å². The molecule has 3 heterocycles. The van der Waals surface area contributed by atoms with Crippen LogP contribution < -0.4 is 19.7 Å². The summed E-state index contributed by atoms with van der Waals surface area (Å²) >= 11 is 0. The number of anilines is 2. The highest BCUT2D eigenvalue weighted by molar-refractivity contribution is 5.92. The van der Waals surface area contributed by atoms with Gasteiger partial charge in [-0.05, 0) is 25.5 Å². The molecule has 0 radical (unpaired) electrons. The molecule has 1 fully saturated rings. The number of aromatic nitrogens is 4. The number of fused-ring (bicyclic) bond motifs is 1. The first-order valence-corrected chi connectivity index (χ1v) is 8.86. The van der Waals surface area contributed by atoms with E-state index in [4.69, 9.17) is 9.47 Å². The van der Waals surface area contributed by atoms with Gasteiger partial charge in [0.05, 0.1) is 19.7 Å². The van der Waals surface area contributed by atoms with Crippen molar-refractivity contribution >= 4 is 22.7 Å². The van der Waals surface area contributed by atoms with Crippen molar-refractivity contribution in [2.24, 2.45) is 0 Å². The summed E-state index contributed by atoms with van der Waals surface area (Å²) in [6.07, 6.45) is 4.35. The Balaban J connectivity index is 1.59. The van der Waals surface area contributed by atoms with Gasteiger partial charge in [-0.1, -0.05) is 0 Å². The number of hydrogen-bond acceptors (Lipinski definition) is 8. The number of nitrogens with zero attached hydrogens (tertiary/aromatic N) is 5. The zero-order valence-corrected chi connectivity index (χ0v) is 15.6. The lowest BCUT2D eigenvalue weighted by Crippen LogP contribution is -2.27. The molecule has 0 saturated carbocycles. The minimum Gasteiger partial charge on any atom is -0.493 e. The Kier molecular flexibility index (Phi) is 4.62. The van der Waals surface area contributed by atoms with Crippen LogP contribution in [0.15, 0.2) is 30.7 Å². The molecule has 0 bridgehead atoms. The molecule has 1 unspecified atom stereocenters. The minimum absolute atomic E-state index is 0.261. The van der Waals surface area contributed by atoms with Crippen LogP contribution in [-0.4, -0.2) is 53.3 Å². The third-order valence-corrected chi connectivity index (χ3v) is 4.74. The van der Waals surface area contributed by atoms with Crippen LogP contribution in [0, 0.1) is 6.92 Å². The zero-order chi connectivity index (χ0) is 18.8. The van der Waals surface area contributed by atoms with Gasteiger partial charge in [0.25, 0.3) is 0 Å². The molecule has 0 spiro atoms. The van der Waals surface area contributed by atoms with Crippen molar-refractivity contribution in [1.29, 1.82) is 0 Å². The van der Waals surface area contributed by atoms with Gasteiger partial charge in [-0.2, -0.15) is 0 Å². The molecule has 1 saturated heterocycles. The SMILES string of the molecule is COc1cc2ncnc(N3CCC(Nc4nccc(C)n4)C3)c2cc1OC. The topological polar surface area (TPSA) is 85.3 Å². The fourth-order valence-electron chi connectivity index (χ4n) is 3.39. The number of benzene rings is 1. The molecule has 4 rings (SSSR count). The average molecular weight is 366 g/mol. The molecule has 140 valence electrons. The summed E-state index contributed by atoms with van der Waals surface area (Å²) in [5.41, 5.74) is 1.78. The molecule has 2 aromatic heterocycles. The first-order valence-electron chi connectivity index (χ1n) is 8.86. The Morgan fingerprint density at radius 2 is 1.93 bits per heavy atom. The number of ether oxygens (including phenoxy) is 2. The van der Waals surface area contributed by atoms with Crippen molar-refractivity contribution in [3.63, 3.8) is 0 Å².